The molecule has 0 radical (unpaired) electrons. The summed E-state index contributed by atoms with van der Waals surface area (Å²) in [6.07, 6.45) is 0.745. The molecule has 1 aliphatic rings. The highest BCUT2D eigenvalue weighted by molar-refractivity contribution is 6.32. The highest BCUT2D eigenvalue weighted by atomic mass is 35.5. The number of nitrogens with zero attached hydrogens (tertiary/aromatic N) is 2. The van der Waals surface area contributed by atoms with Gasteiger partial charge in [-0.05, 0) is 18.2 Å². The van der Waals surface area contributed by atoms with Crippen LogP contribution in [0.2, 0.25) is 10.2 Å². The van der Waals surface area contributed by atoms with Crippen LogP contribution in [-0.2, 0) is 17.8 Å². The third kappa shape index (κ3) is 2.46. The number of hydrogen-bond acceptors (Lipinski definition) is 4. The smallest absolute Gasteiger partial charge is 0.161 e. The Kier molecular flexibility index (Phi) is 3.78. The van der Waals surface area contributed by atoms with Crippen molar-refractivity contribution >= 4 is 23.2 Å². The van der Waals surface area contributed by atoms with E-state index in [2.05, 4.69) is 9.97 Å². The van der Waals surface area contributed by atoms with Gasteiger partial charge in [0.1, 0.15) is 10.9 Å². The molecule has 20 heavy (non-hydrogen) atoms. The summed E-state index contributed by atoms with van der Waals surface area (Å²) < 4.78 is 10.5. The van der Waals surface area contributed by atoms with Crippen molar-refractivity contribution in [3.05, 3.63) is 39.6 Å². The molecule has 1 aromatic carbocycles. The van der Waals surface area contributed by atoms with E-state index in [9.17, 15) is 0 Å². The maximum Gasteiger partial charge on any atom is 0.161 e. The second kappa shape index (κ2) is 5.56. The lowest BCUT2D eigenvalue weighted by Crippen LogP contribution is -2.14. The fourth-order valence-electron chi connectivity index (χ4n) is 2.13. The van der Waals surface area contributed by atoms with Gasteiger partial charge in [0, 0.05) is 17.5 Å². The van der Waals surface area contributed by atoms with Crippen LogP contribution in [0, 0.1) is 0 Å². The molecule has 0 unspecified atom stereocenters. The van der Waals surface area contributed by atoms with E-state index in [4.69, 9.17) is 32.7 Å². The second-order valence-corrected chi connectivity index (χ2v) is 5.18. The summed E-state index contributed by atoms with van der Waals surface area (Å²) in [7, 11) is 1.58. The van der Waals surface area contributed by atoms with Gasteiger partial charge in [0.15, 0.2) is 5.82 Å². The second-order valence-electron chi connectivity index (χ2n) is 4.42. The molecule has 104 valence electrons. The van der Waals surface area contributed by atoms with E-state index in [0.29, 0.717) is 35.0 Å². The number of aromatic nitrogens is 2. The molecule has 1 aromatic heterocycles. The number of ether oxygens (including phenoxy) is 2. The zero-order valence-corrected chi connectivity index (χ0v) is 12.3. The Labute approximate surface area is 126 Å². The van der Waals surface area contributed by atoms with Gasteiger partial charge in [-0.3, -0.25) is 0 Å². The standard InChI is InChI=1S/C14H12Cl2N2O2/c1-19-12-3-2-8(6-10(12)15)14-17-11-4-5-20-7-9(11)13(16)18-14/h2-3,6H,4-5,7H2,1H3. The summed E-state index contributed by atoms with van der Waals surface area (Å²) in [5.41, 5.74) is 2.63. The molecule has 0 saturated carbocycles. The van der Waals surface area contributed by atoms with E-state index in [0.717, 1.165) is 23.2 Å². The average molecular weight is 311 g/mol. The van der Waals surface area contributed by atoms with Crippen LogP contribution >= 0.6 is 23.2 Å². The highest BCUT2D eigenvalue weighted by Gasteiger charge is 2.18. The van der Waals surface area contributed by atoms with E-state index >= 15 is 0 Å². The first kappa shape index (κ1) is 13.6. The molecule has 0 aliphatic carbocycles. The molecule has 0 amide bonds. The first-order chi connectivity index (χ1) is 9.69. The molecule has 0 atom stereocenters. The molecule has 2 heterocycles. The van der Waals surface area contributed by atoms with Crippen LogP contribution in [0.3, 0.4) is 0 Å². The summed E-state index contributed by atoms with van der Waals surface area (Å²) in [6, 6.07) is 5.43. The predicted molar refractivity (Wildman–Crippen MR) is 77.4 cm³/mol. The molecule has 2 aromatic rings. The molecule has 0 N–H and O–H groups in total. The zero-order chi connectivity index (χ0) is 14.1. The van der Waals surface area contributed by atoms with Crippen molar-refractivity contribution in [2.75, 3.05) is 13.7 Å². The number of benzene rings is 1. The highest BCUT2D eigenvalue weighted by Crippen LogP contribution is 2.31. The number of halogens is 2. The first-order valence-electron chi connectivity index (χ1n) is 6.16. The predicted octanol–water partition coefficient (Wildman–Crippen LogP) is 3.53. The topological polar surface area (TPSA) is 44.2 Å². The largest absolute Gasteiger partial charge is 0.495 e. The zero-order valence-electron chi connectivity index (χ0n) is 10.8. The van der Waals surface area contributed by atoms with E-state index in [1.165, 1.54) is 0 Å². The lowest BCUT2D eigenvalue weighted by atomic mass is 10.1. The van der Waals surface area contributed by atoms with Gasteiger partial charge >= 0.3 is 0 Å². The molecular formula is C14H12Cl2N2O2. The van der Waals surface area contributed by atoms with Crippen molar-refractivity contribution in [1.29, 1.82) is 0 Å². The van der Waals surface area contributed by atoms with Crippen molar-refractivity contribution in [2.45, 2.75) is 13.0 Å². The number of rotatable bonds is 2. The SMILES string of the molecule is COc1ccc(-c2nc(Cl)c3c(n2)CCOC3)cc1Cl. The fraction of sp³-hybridized carbons (Fsp3) is 0.286. The molecule has 3 rings (SSSR count). The molecule has 6 heteroatoms. The summed E-state index contributed by atoms with van der Waals surface area (Å²) >= 11 is 12.3. The van der Waals surface area contributed by atoms with Gasteiger partial charge in [-0.1, -0.05) is 23.2 Å². The number of hydrogen-bond donors (Lipinski definition) is 0. The Morgan fingerprint density at radius 2 is 2.10 bits per heavy atom. The third-order valence-corrected chi connectivity index (χ3v) is 3.79. The summed E-state index contributed by atoms with van der Waals surface area (Å²) in [5.74, 6) is 1.19. The van der Waals surface area contributed by atoms with Gasteiger partial charge in [0.05, 0.1) is 31.0 Å². The van der Waals surface area contributed by atoms with Crippen LogP contribution in [0.25, 0.3) is 11.4 Å². The third-order valence-electron chi connectivity index (χ3n) is 3.18. The minimum absolute atomic E-state index is 0.441. The minimum Gasteiger partial charge on any atom is -0.495 e. The normalized spacial score (nSPS) is 13.9. The molecular weight excluding hydrogens is 299 g/mol. The van der Waals surface area contributed by atoms with Crippen LogP contribution in [0.4, 0.5) is 0 Å². The Hall–Kier alpha value is -1.36. The summed E-state index contributed by atoms with van der Waals surface area (Å²) in [4.78, 5) is 8.89. The van der Waals surface area contributed by atoms with Crippen molar-refractivity contribution in [2.24, 2.45) is 0 Å². The minimum atomic E-state index is 0.441. The van der Waals surface area contributed by atoms with E-state index in [1.807, 2.05) is 6.07 Å². The van der Waals surface area contributed by atoms with Crippen LogP contribution in [-0.4, -0.2) is 23.7 Å². The molecule has 0 saturated heterocycles. The van der Waals surface area contributed by atoms with Crippen LogP contribution in [0.15, 0.2) is 18.2 Å². The van der Waals surface area contributed by atoms with Gasteiger partial charge in [-0.25, -0.2) is 9.97 Å². The van der Waals surface area contributed by atoms with Gasteiger partial charge in [0.2, 0.25) is 0 Å². The molecule has 1 aliphatic heterocycles. The van der Waals surface area contributed by atoms with Crippen molar-refractivity contribution in [1.82, 2.24) is 9.97 Å². The van der Waals surface area contributed by atoms with Gasteiger partial charge in [-0.2, -0.15) is 0 Å². The van der Waals surface area contributed by atoms with Crippen molar-refractivity contribution in [3.8, 4) is 17.1 Å². The monoisotopic (exact) mass is 310 g/mol. The lowest BCUT2D eigenvalue weighted by molar-refractivity contribution is 0.109. The Bertz CT molecular complexity index is 662. The quantitative estimate of drug-likeness (QED) is 0.796. The molecule has 0 fully saturated rings. The van der Waals surface area contributed by atoms with E-state index in [1.54, 1.807) is 19.2 Å². The van der Waals surface area contributed by atoms with E-state index in [-0.39, 0.29) is 0 Å². The number of methoxy groups -OCH3 is 1. The Balaban J connectivity index is 2.06. The fourth-order valence-corrected chi connectivity index (χ4v) is 2.63. The first-order valence-corrected chi connectivity index (χ1v) is 6.91. The van der Waals surface area contributed by atoms with Crippen LogP contribution in [0.5, 0.6) is 5.75 Å². The maximum absolute atomic E-state index is 6.21. The Morgan fingerprint density at radius 3 is 2.85 bits per heavy atom. The van der Waals surface area contributed by atoms with Gasteiger partial charge in [-0.15, -0.1) is 0 Å². The average Bonchev–Trinajstić information content (AvgIpc) is 2.47. The maximum atomic E-state index is 6.21. The Morgan fingerprint density at radius 1 is 1.25 bits per heavy atom. The van der Waals surface area contributed by atoms with E-state index < -0.39 is 0 Å². The lowest BCUT2D eigenvalue weighted by Gasteiger charge is -2.17. The van der Waals surface area contributed by atoms with Crippen LogP contribution < -0.4 is 4.74 Å². The van der Waals surface area contributed by atoms with Crippen molar-refractivity contribution < 1.29 is 9.47 Å². The summed E-state index contributed by atoms with van der Waals surface area (Å²) in [5, 5.41) is 0.961. The molecule has 0 bridgehead atoms. The molecule has 0 spiro atoms. The van der Waals surface area contributed by atoms with Crippen molar-refractivity contribution in [3.63, 3.8) is 0 Å². The molecule has 4 nitrogen and oxygen atoms in total. The van der Waals surface area contributed by atoms with Gasteiger partial charge in [0.25, 0.3) is 0 Å². The van der Waals surface area contributed by atoms with Crippen LogP contribution in [0.1, 0.15) is 11.3 Å². The van der Waals surface area contributed by atoms with Gasteiger partial charge < -0.3 is 9.47 Å². The number of fused-ring (bicyclic) bond motifs is 1. The summed E-state index contributed by atoms with van der Waals surface area (Å²) in [6.45, 7) is 1.13.